The number of aryl methyl sites for hydroxylation is 3. The topological polar surface area (TPSA) is 51.9 Å². The molecule has 28 heavy (non-hydrogen) atoms. The Bertz CT molecular complexity index is 1140. The van der Waals surface area contributed by atoms with Crippen molar-refractivity contribution in [3.8, 4) is 17.1 Å². The molecule has 5 heteroatoms. The Morgan fingerprint density at radius 3 is 2.39 bits per heavy atom. The lowest BCUT2D eigenvalue weighted by Gasteiger charge is -2.09. The van der Waals surface area contributed by atoms with Crippen molar-refractivity contribution < 1.29 is 4.79 Å². The fraction of sp³-hybridized carbons (Fsp3) is 0.130. The van der Waals surface area contributed by atoms with Crippen LogP contribution in [-0.4, -0.2) is 20.3 Å². The van der Waals surface area contributed by atoms with Gasteiger partial charge in [0, 0.05) is 18.9 Å². The average Bonchev–Trinajstić information content (AvgIpc) is 3.31. The van der Waals surface area contributed by atoms with Gasteiger partial charge in [-0.3, -0.25) is 4.79 Å². The molecule has 2 aromatic heterocycles. The maximum atomic E-state index is 13.1. The van der Waals surface area contributed by atoms with Crippen LogP contribution in [0, 0.1) is 13.8 Å². The minimum absolute atomic E-state index is 0.194. The third-order valence-corrected chi connectivity index (χ3v) is 4.91. The Kier molecular flexibility index (Phi) is 4.57. The summed E-state index contributed by atoms with van der Waals surface area (Å²) >= 11 is 0. The molecule has 0 bridgehead atoms. The van der Waals surface area contributed by atoms with E-state index in [0.29, 0.717) is 5.69 Å². The zero-order chi connectivity index (χ0) is 19.7. The lowest BCUT2D eigenvalue weighted by atomic mass is 10.1. The molecule has 0 atom stereocenters. The second kappa shape index (κ2) is 7.19. The first-order valence-corrected chi connectivity index (χ1v) is 9.19. The molecule has 0 aliphatic carbocycles. The number of rotatable bonds is 4. The van der Waals surface area contributed by atoms with Crippen molar-refractivity contribution in [1.29, 1.82) is 0 Å². The number of aromatic nitrogens is 3. The maximum Gasteiger partial charge on any atom is 0.274 e. The number of anilines is 1. The summed E-state index contributed by atoms with van der Waals surface area (Å²) in [5.74, 6) is -0.194. The highest BCUT2D eigenvalue weighted by molar-refractivity contribution is 6.04. The summed E-state index contributed by atoms with van der Waals surface area (Å²) in [6.45, 7) is 4.09. The van der Waals surface area contributed by atoms with Crippen LogP contribution in [0.25, 0.3) is 17.1 Å². The molecule has 0 aliphatic rings. The van der Waals surface area contributed by atoms with Crippen LogP contribution in [0.1, 0.15) is 21.6 Å². The molecule has 0 unspecified atom stereocenters. The second-order valence-electron chi connectivity index (χ2n) is 6.92. The Morgan fingerprint density at radius 2 is 1.71 bits per heavy atom. The van der Waals surface area contributed by atoms with Crippen molar-refractivity contribution in [2.45, 2.75) is 13.8 Å². The largest absolute Gasteiger partial charge is 0.349 e. The predicted octanol–water partition coefficient (Wildman–Crippen LogP) is 4.75. The van der Waals surface area contributed by atoms with Gasteiger partial charge in [0.25, 0.3) is 5.91 Å². The zero-order valence-electron chi connectivity index (χ0n) is 16.2. The van der Waals surface area contributed by atoms with Crippen LogP contribution in [0.2, 0.25) is 0 Å². The summed E-state index contributed by atoms with van der Waals surface area (Å²) in [5, 5.41) is 7.72. The smallest absolute Gasteiger partial charge is 0.274 e. The highest BCUT2D eigenvalue weighted by Crippen LogP contribution is 2.23. The van der Waals surface area contributed by atoms with Gasteiger partial charge in [-0.1, -0.05) is 24.3 Å². The average molecular weight is 370 g/mol. The normalized spacial score (nSPS) is 10.8. The summed E-state index contributed by atoms with van der Waals surface area (Å²) in [6, 6.07) is 21.4. The van der Waals surface area contributed by atoms with E-state index in [4.69, 9.17) is 5.10 Å². The van der Waals surface area contributed by atoms with Crippen LogP contribution < -0.4 is 5.32 Å². The van der Waals surface area contributed by atoms with Gasteiger partial charge >= 0.3 is 0 Å². The summed E-state index contributed by atoms with van der Waals surface area (Å²) in [4.78, 5) is 13.1. The first-order valence-electron chi connectivity index (χ1n) is 9.19. The van der Waals surface area contributed by atoms with Crippen molar-refractivity contribution in [3.63, 3.8) is 0 Å². The molecule has 140 valence electrons. The molecule has 2 aromatic carbocycles. The van der Waals surface area contributed by atoms with Gasteiger partial charge in [-0.15, -0.1) is 0 Å². The van der Waals surface area contributed by atoms with Gasteiger partial charge < -0.3 is 9.88 Å². The van der Waals surface area contributed by atoms with E-state index in [0.717, 1.165) is 28.3 Å². The van der Waals surface area contributed by atoms with Crippen molar-refractivity contribution in [1.82, 2.24) is 14.3 Å². The molecule has 0 spiro atoms. The van der Waals surface area contributed by atoms with Crippen LogP contribution in [0.5, 0.6) is 0 Å². The van der Waals surface area contributed by atoms with Crippen LogP contribution in [0.4, 0.5) is 5.69 Å². The Labute approximate surface area is 164 Å². The quantitative estimate of drug-likeness (QED) is 0.564. The van der Waals surface area contributed by atoms with Gasteiger partial charge in [-0.05, 0) is 67.4 Å². The molecule has 1 N–H and O–H groups in total. The third-order valence-electron chi connectivity index (χ3n) is 4.91. The van der Waals surface area contributed by atoms with Crippen LogP contribution >= 0.6 is 0 Å². The molecule has 0 saturated carbocycles. The van der Waals surface area contributed by atoms with E-state index in [-0.39, 0.29) is 5.91 Å². The standard InChI is InChI=1S/C23H22N4O/c1-16-11-12-18(14-17(16)2)24-23(28)22-15-20(21-10-7-13-26(21)3)25-27(22)19-8-5-4-6-9-19/h4-15H,1-3H3,(H,24,28). The second-order valence-corrected chi connectivity index (χ2v) is 6.92. The summed E-state index contributed by atoms with van der Waals surface area (Å²) in [6.07, 6.45) is 1.96. The fourth-order valence-corrected chi connectivity index (χ4v) is 3.18. The Balaban J connectivity index is 1.76. The lowest BCUT2D eigenvalue weighted by molar-refractivity contribution is 0.101. The first kappa shape index (κ1) is 17.8. The number of carbonyl (C=O) groups is 1. The summed E-state index contributed by atoms with van der Waals surface area (Å²) < 4.78 is 3.68. The van der Waals surface area contributed by atoms with Gasteiger partial charge in [0.05, 0.1) is 11.4 Å². The van der Waals surface area contributed by atoms with E-state index in [1.165, 1.54) is 5.56 Å². The molecule has 0 radical (unpaired) electrons. The van der Waals surface area contributed by atoms with Crippen LogP contribution in [0.3, 0.4) is 0 Å². The number of amides is 1. The van der Waals surface area contributed by atoms with Crippen molar-refractivity contribution in [2.24, 2.45) is 7.05 Å². The zero-order valence-corrected chi connectivity index (χ0v) is 16.2. The van der Waals surface area contributed by atoms with Gasteiger partial charge in [0.1, 0.15) is 11.4 Å². The number of hydrogen-bond donors (Lipinski definition) is 1. The maximum absolute atomic E-state index is 13.1. The molecule has 0 saturated heterocycles. The molecular formula is C23H22N4O. The number of benzene rings is 2. The van der Waals surface area contributed by atoms with Crippen molar-refractivity contribution >= 4 is 11.6 Å². The molecule has 0 aliphatic heterocycles. The number of nitrogens with zero attached hydrogens (tertiary/aromatic N) is 3. The van der Waals surface area contributed by atoms with Crippen LogP contribution in [-0.2, 0) is 7.05 Å². The number of nitrogens with one attached hydrogen (secondary N) is 1. The fourth-order valence-electron chi connectivity index (χ4n) is 3.18. The van der Waals surface area contributed by atoms with E-state index >= 15 is 0 Å². The van der Waals surface area contributed by atoms with Crippen molar-refractivity contribution in [2.75, 3.05) is 5.32 Å². The monoisotopic (exact) mass is 370 g/mol. The predicted molar refractivity (Wildman–Crippen MR) is 112 cm³/mol. The summed E-state index contributed by atoms with van der Waals surface area (Å²) in [5.41, 5.74) is 6.14. The first-order chi connectivity index (χ1) is 13.5. The Morgan fingerprint density at radius 1 is 0.929 bits per heavy atom. The lowest BCUT2D eigenvalue weighted by Crippen LogP contribution is -2.17. The molecule has 4 rings (SSSR count). The minimum atomic E-state index is -0.194. The number of hydrogen-bond acceptors (Lipinski definition) is 2. The van der Waals surface area contributed by atoms with E-state index in [2.05, 4.69) is 12.2 Å². The van der Waals surface area contributed by atoms with Gasteiger partial charge in [-0.25, -0.2) is 4.68 Å². The van der Waals surface area contributed by atoms with Gasteiger partial charge in [0.2, 0.25) is 0 Å². The SMILES string of the molecule is Cc1ccc(NC(=O)c2cc(-c3cccn3C)nn2-c2ccccc2)cc1C. The van der Waals surface area contributed by atoms with Crippen LogP contribution in [0.15, 0.2) is 72.9 Å². The molecule has 2 heterocycles. The van der Waals surface area contributed by atoms with E-state index < -0.39 is 0 Å². The van der Waals surface area contributed by atoms with Crippen molar-refractivity contribution in [3.05, 3.63) is 89.7 Å². The molecule has 4 aromatic rings. The third kappa shape index (κ3) is 3.34. The molecular weight excluding hydrogens is 348 g/mol. The molecule has 0 fully saturated rings. The van der Waals surface area contributed by atoms with Gasteiger partial charge in [0.15, 0.2) is 0 Å². The molecule has 1 amide bonds. The van der Waals surface area contributed by atoms with E-state index in [9.17, 15) is 4.79 Å². The number of para-hydroxylation sites is 1. The highest BCUT2D eigenvalue weighted by Gasteiger charge is 2.19. The number of carbonyl (C=O) groups excluding carboxylic acids is 1. The summed E-state index contributed by atoms with van der Waals surface area (Å²) in [7, 11) is 1.96. The van der Waals surface area contributed by atoms with E-state index in [1.807, 2.05) is 91.5 Å². The van der Waals surface area contributed by atoms with Gasteiger partial charge in [-0.2, -0.15) is 5.10 Å². The Hall–Kier alpha value is -3.60. The van der Waals surface area contributed by atoms with E-state index in [1.54, 1.807) is 4.68 Å². The minimum Gasteiger partial charge on any atom is -0.349 e. The molecule has 5 nitrogen and oxygen atoms in total. The highest BCUT2D eigenvalue weighted by atomic mass is 16.2.